The summed E-state index contributed by atoms with van der Waals surface area (Å²) >= 11 is 6.92. The number of carboxylic acids is 1. The van der Waals surface area contributed by atoms with Crippen LogP contribution in [0, 0.1) is 10.1 Å². The molecule has 0 unspecified atom stereocenters. The van der Waals surface area contributed by atoms with Gasteiger partial charge in [-0.1, -0.05) is 23.4 Å². The number of pyridine rings is 1. The zero-order valence-electron chi connectivity index (χ0n) is 9.82. The van der Waals surface area contributed by atoms with E-state index in [4.69, 9.17) is 16.7 Å². The van der Waals surface area contributed by atoms with Gasteiger partial charge >= 0.3 is 5.97 Å². The van der Waals surface area contributed by atoms with Gasteiger partial charge in [0.25, 0.3) is 5.69 Å². The van der Waals surface area contributed by atoms with Crippen LogP contribution in [0.5, 0.6) is 0 Å². The van der Waals surface area contributed by atoms with Crippen molar-refractivity contribution < 1.29 is 14.8 Å². The number of nitro benzene ring substituents is 1. The van der Waals surface area contributed by atoms with E-state index in [1.54, 1.807) is 12.1 Å². The molecule has 0 amide bonds. The monoisotopic (exact) mass is 310 g/mol. The Balaban J connectivity index is 2.25. The van der Waals surface area contributed by atoms with Gasteiger partial charge in [0.05, 0.1) is 10.5 Å². The molecule has 0 aliphatic rings. The molecule has 0 aliphatic carbocycles. The Morgan fingerprint density at radius 1 is 1.30 bits per heavy atom. The zero-order chi connectivity index (χ0) is 14.7. The van der Waals surface area contributed by atoms with E-state index < -0.39 is 10.9 Å². The maximum atomic E-state index is 10.9. The van der Waals surface area contributed by atoms with Gasteiger partial charge in [0.2, 0.25) is 0 Å². The molecule has 1 aromatic carbocycles. The van der Waals surface area contributed by atoms with Crippen molar-refractivity contribution in [3.63, 3.8) is 0 Å². The first-order valence-corrected chi connectivity index (χ1v) is 6.48. The number of benzene rings is 1. The van der Waals surface area contributed by atoms with Crippen LogP contribution in [0.2, 0.25) is 5.15 Å². The third kappa shape index (κ3) is 3.46. The molecule has 0 aliphatic heterocycles. The van der Waals surface area contributed by atoms with E-state index in [1.807, 2.05) is 0 Å². The summed E-state index contributed by atoms with van der Waals surface area (Å²) in [5, 5.41) is 19.9. The van der Waals surface area contributed by atoms with Crippen LogP contribution < -0.4 is 0 Å². The van der Waals surface area contributed by atoms with E-state index in [2.05, 4.69) is 4.98 Å². The molecule has 20 heavy (non-hydrogen) atoms. The van der Waals surface area contributed by atoms with Crippen molar-refractivity contribution in [3.8, 4) is 0 Å². The lowest BCUT2D eigenvalue weighted by Gasteiger charge is -2.03. The Morgan fingerprint density at radius 3 is 2.50 bits per heavy atom. The van der Waals surface area contributed by atoms with Crippen molar-refractivity contribution in [1.82, 2.24) is 4.98 Å². The lowest BCUT2D eigenvalue weighted by Crippen LogP contribution is -1.97. The summed E-state index contributed by atoms with van der Waals surface area (Å²) in [6, 6.07) is 8.50. The van der Waals surface area contributed by atoms with E-state index in [9.17, 15) is 14.9 Å². The Morgan fingerprint density at radius 2 is 1.95 bits per heavy atom. The number of rotatable bonds is 4. The minimum Gasteiger partial charge on any atom is -0.478 e. The van der Waals surface area contributed by atoms with Gasteiger partial charge in [0.1, 0.15) is 10.2 Å². The van der Waals surface area contributed by atoms with Crippen molar-refractivity contribution in [2.24, 2.45) is 0 Å². The summed E-state index contributed by atoms with van der Waals surface area (Å²) < 4.78 is 0. The third-order valence-corrected chi connectivity index (χ3v) is 3.41. The third-order valence-electron chi connectivity index (χ3n) is 2.29. The number of aromatic nitrogens is 1. The predicted octanol–water partition coefficient (Wildman–Crippen LogP) is 3.49. The molecule has 102 valence electrons. The molecular weight excluding hydrogens is 304 g/mol. The van der Waals surface area contributed by atoms with E-state index in [0.717, 1.165) is 0 Å². The Labute approximate surface area is 122 Å². The first-order chi connectivity index (χ1) is 9.45. The van der Waals surface area contributed by atoms with Gasteiger partial charge in [0.15, 0.2) is 0 Å². The highest BCUT2D eigenvalue weighted by Crippen LogP contribution is 2.29. The van der Waals surface area contributed by atoms with Crippen LogP contribution >= 0.6 is 23.4 Å². The number of carboxylic acid groups (broad SMARTS) is 1. The normalized spacial score (nSPS) is 10.2. The van der Waals surface area contributed by atoms with Gasteiger partial charge in [0, 0.05) is 17.0 Å². The summed E-state index contributed by atoms with van der Waals surface area (Å²) in [4.78, 5) is 25.7. The largest absolute Gasteiger partial charge is 0.478 e. The molecule has 6 nitrogen and oxygen atoms in total. The number of hydrogen-bond donors (Lipinski definition) is 1. The van der Waals surface area contributed by atoms with Gasteiger partial charge in [-0.3, -0.25) is 10.1 Å². The van der Waals surface area contributed by atoms with E-state index >= 15 is 0 Å². The Kier molecular flexibility index (Phi) is 4.21. The molecule has 8 heteroatoms. The number of nitrogens with zero attached hydrogens (tertiary/aromatic N) is 2. The van der Waals surface area contributed by atoms with Gasteiger partial charge in [-0.05, 0) is 24.3 Å². The second kappa shape index (κ2) is 5.89. The standard InChI is InChI=1S/C12H7ClN2O4S/c13-10-5-7(12(16)17)6-11(14-10)20-9-3-1-8(2-4-9)15(18)19/h1-6H,(H,16,17). The number of halogens is 1. The van der Waals surface area contributed by atoms with Gasteiger partial charge in [-0.25, -0.2) is 9.78 Å². The lowest BCUT2D eigenvalue weighted by molar-refractivity contribution is -0.384. The molecule has 0 atom stereocenters. The van der Waals surface area contributed by atoms with Gasteiger partial charge < -0.3 is 5.11 Å². The van der Waals surface area contributed by atoms with Gasteiger partial charge in [-0.15, -0.1) is 0 Å². The van der Waals surface area contributed by atoms with Crippen molar-refractivity contribution >= 4 is 35.0 Å². The molecule has 0 saturated heterocycles. The molecular formula is C12H7ClN2O4S. The number of hydrogen-bond acceptors (Lipinski definition) is 5. The molecule has 1 N–H and O–H groups in total. The number of aromatic carboxylic acids is 1. The molecule has 1 heterocycles. The smallest absolute Gasteiger partial charge is 0.335 e. The fourth-order valence-corrected chi connectivity index (χ4v) is 2.51. The molecule has 2 rings (SSSR count). The SMILES string of the molecule is O=C(O)c1cc(Cl)nc(Sc2ccc([N+](=O)[O-])cc2)c1. The van der Waals surface area contributed by atoms with E-state index in [-0.39, 0.29) is 16.4 Å². The minimum atomic E-state index is -1.10. The number of non-ortho nitro benzene ring substituents is 1. The maximum Gasteiger partial charge on any atom is 0.335 e. The average molecular weight is 311 g/mol. The van der Waals surface area contributed by atoms with Crippen LogP contribution in [0.4, 0.5) is 5.69 Å². The quantitative estimate of drug-likeness (QED) is 0.528. The number of carbonyl (C=O) groups is 1. The summed E-state index contributed by atoms with van der Waals surface area (Å²) in [6.45, 7) is 0. The minimum absolute atomic E-state index is 0.0142. The summed E-state index contributed by atoms with van der Waals surface area (Å²) in [7, 11) is 0. The second-order valence-electron chi connectivity index (χ2n) is 3.68. The first kappa shape index (κ1) is 14.3. The highest BCUT2D eigenvalue weighted by Gasteiger charge is 2.10. The molecule has 1 aromatic heterocycles. The lowest BCUT2D eigenvalue weighted by atomic mass is 10.3. The Hall–Kier alpha value is -2.12. The zero-order valence-corrected chi connectivity index (χ0v) is 11.4. The molecule has 0 bridgehead atoms. The van der Waals surface area contributed by atoms with Crippen molar-refractivity contribution in [3.05, 3.63) is 57.2 Å². The Bertz CT molecular complexity index is 676. The molecule has 0 fully saturated rings. The van der Waals surface area contributed by atoms with Crippen molar-refractivity contribution in [2.45, 2.75) is 9.92 Å². The van der Waals surface area contributed by atoms with Crippen LogP contribution in [0.3, 0.4) is 0 Å². The highest BCUT2D eigenvalue weighted by molar-refractivity contribution is 7.99. The topological polar surface area (TPSA) is 93.3 Å². The fraction of sp³-hybridized carbons (Fsp3) is 0. The molecule has 2 aromatic rings. The average Bonchev–Trinajstić information content (AvgIpc) is 2.38. The van der Waals surface area contributed by atoms with Crippen LogP contribution in [-0.4, -0.2) is 21.0 Å². The first-order valence-electron chi connectivity index (χ1n) is 5.29. The van der Waals surface area contributed by atoms with Crippen LogP contribution in [0.15, 0.2) is 46.3 Å². The summed E-state index contributed by atoms with van der Waals surface area (Å²) in [5.41, 5.74) is 0.0223. The summed E-state index contributed by atoms with van der Waals surface area (Å²) in [6.07, 6.45) is 0. The van der Waals surface area contributed by atoms with Crippen LogP contribution in [-0.2, 0) is 0 Å². The van der Waals surface area contributed by atoms with Crippen molar-refractivity contribution in [2.75, 3.05) is 0 Å². The molecule has 0 spiro atoms. The van der Waals surface area contributed by atoms with Crippen molar-refractivity contribution in [1.29, 1.82) is 0 Å². The summed E-state index contributed by atoms with van der Waals surface area (Å²) in [5.74, 6) is -1.10. The van der Waals surface area contributed by atoms with E-state index in [1.165, 1.54) is 36.0 Å². The highest BCUT2D eigenvalue weighted by atomic mass is 35.5. The second-order valence-corrected chi connectivity index (χ2v) is 5.16. The van der Waals surface area contributed by atoms with Crippen LogP contribution in [0.1, 0.15) is 10.4 Å². The van der Waals surface area contributed by atoms with Crippen LogP contribution in [0.25, 0.3) is 0 Å². The fourth-order valence-electron chi connectivity index (χ4n) is 1.41. The molecule has 0 saturated carbocycles. The molecule has 0 radical (unpaired) electrons. The number of nitro groups is 1. The predicted molar refractivity (Wildman–Crippen MR) is 73.4 cm³/mol. The maximum absolute atomic E-state index is 10.9. The van der Waals surface area contributed by atoms with E-state index in [0.29, 0.717) is 9.92 Å². The van der Waals surface area contributed by atoms with Gasteiger partial charge in [-0.2, -0.15) is 0 Å².